The molecule has 0 spiro atoms. The quantitative estimate of drug-likeness (QED) is 0.766. The molecular weight excluding hydrogens is 229 g/mol. The zero-order valence-electron chi connectivity index (χ0n) is 10.4. The Kier molecular flexibility index (Phi) is 3.42. The highest BCUT2D eigenvalue weighted by molar-refractivity contribution is 5.78. The van der Waals surface area contributed by atoms with Crippen LogP contribution in [0.25, 0.3) is 0 Å². The molecule has 3 heteroatoms. The molecule has 0 aliphatic rings. The fraction of sp³-hybridized carbons (Fsp3) is 0.133. The lowest BCUT2D eigenvalue weighted by Gasteiger charge is -2.21. The summed E-state index contributed by atoms with van der Waals surface area (Å²) in [5, 5.41) is 0. The molecule has 0 fully saturated rings. The van der Waals surface area contributed by atoms with E-state index in [1.807, 2.05) is 43.1 Å². The number of carbonyl (C=O) groups excluding carboxylic acids is 1. The average molecular weight is 243 g/mol. The first-order chi connectivity index (χ1) is 8.61. The summed E-state index contributed by atoms with van der Waals surface area (Å²) in [5.74, 6) is -0.407. The van der Waals surface area contributed by atoms with E-state index in [2.05, 4.69) is 0 Å². The summed E-state index contributed by atoms with van der Waals surface area (Å²) in [4.78, 5) is 12.6. The van der Waals surface area contributed by atoms with Gasteiger partial charge in [0.25, 0.3) is 0 Å². The van der Waals surface area contributed by atoms with Crippen molar-refractivity contribution in [2.75, 3.05) is 11.9 Å². The van der Waals surface area contributed by atoms with Crippen molar-refractivity contribution < 1.29 is 9.18 Å². The minimum Gasteiger partial charge on any atom is -0.344 e. The molecule has 2 nitrogen and oxygen atoms in total. The number of anilines is 2. The van der Waals surface area contributed by atoms with E-state index in [1.54, 1.807) is 6.07 Å². The number of benzene rings is 2. The number of halogens is 1. The Bertz CT molecular complexity index is 580. The molecule has 0 unspecified atom stereocenters. The molecule has 0 atom stereocenters. The standard InChI is InChI=1S/C15H14FNO/c1-11-5-3-4-6-15(11)17(2)14-8-12(10-18)7-13(16)9-14/h3-10H,1-2H3. The van der Waals surface area contributed by atoms with Crippen LogP contribution in [0.5, 0.6) is 0 Å². The fourth-order valence-electron chi connectivity index (χ4n) is 1.94. The van der Waals surface area contributed by atoms with Crippen molar-refractivity contribution in [3.05, 3.63) is 59.4 Å². The van der Waals surface area contributed by atoms with E-state index in [0.29, 0.717) is 17.5 Å². The van der Waals surface area contributed by atoms with Crippen LogP contribution in [0.15, 0.2) is 42.5 Å². The maximum absolute atomic E-state index is 13.4. The van der Waals surface area contributed by atoms with E-state index in [0.717, 1.165) is 11.3 Å². The molecule has 0 radical (unpaired) electrons. The maximum atomic E-state index is 13.4. The minimum atomic E-state index is -0.407. The predicted octanol–water partition coefficient (Wildman–Crippen LogP) is 3.71. The molecular formula is C15H14FNO. The Balaban J connectivity index is 2.46. The Labute approximate surface area is 106 Å². The topological polar surface area (TPSA) is 20.3 Å². The zero-order valence-corrected chi connectivity index (χ0v) is 10.4. The van der Waals surface area contributed by atoms with Crippen molar-refractivity contribution >= 4 is 17.7 Å². The second kappa shape index (κ2) is 5.00. The van der Waals surface area contributed by atoms with Gasteiger partial charge in [-0.2, -0.15) is 0 Å². The van der Waals surface area contributed by atoms with Gasteiger partial charge in [-0.05, 0) is 36.8 Å². The molecule has 2 aromatic carbocycles. The van der Waals surface area contributed by atoms with Gasteiger partial charge in [0, 0.05) is 24.0 Å². The molecule has 0 saturated carbocycles. The lowest BCUT2D eigenvalue weighted by molar-refractivity contribution is 0.112. The average Bonchev–Trinajstić information content (AvgIpc) is 2.37. The molecule has 0 N–H and O–H groups in total. The van der Waals surface area contributed by atoms with Gasteiger partial charge in [0.2, 0.25) is 0 Å². The van der Waals surface area contributed by atoms with Crippen LogP contribution in [-0.2, 0) is 0 Å². The summed E-state index contributed by atoms with van der Waals surface area (Å²) in [5.41, 5.74) is 3.08. The van der Waals surface area contributed by atoms with Gasteiger partial charge in [-0.3, -0.25) is 4.79 Å². The number of aldehydes is 1. The summed E-state index contributed by atoms with van der Waals surface area (Å²) in [6.45, 7) is 1.99. The Hall–Kier alpha value is -2.16. The molecule has 0 aliphatic carbocycles. The van der Waals surface area contributed by atoms with Gasteiger partial charge in [-0.15, -0.1) is 0 Å². The first-order valence-corrected chi connectivity index (χ1v) is 5.67. The molecule has 18 heavy (non-hydrogen) atoms. The lowest BCUT2D eigenvalue weighted by atomic mass is 10.1. The Morgan fingerprint density at radius 2 is 1.89 bits per heavy atom. The van der Waals surface area contributed by atoms with Gasteiger partial charge in [0.1, 0.15) is 12.1 Å². The van der Waals surface area contributed by atoms with Crippen LogP contribution >= 0.6 is 0 Å². The van der Waals surface area contributed by atoms with Crippen molar-refractivity contribution in [3.63, 3.8) is 0 Å². The van der Waals surface area contributed by atoms with Crippen molar-refractivity contribution in [3.8, 4) is 0 Å². The molecule has 2 rings (SSSR count). The summed E-state index contributed by atoms with van der Waals surface area (Å²) in [6, 6.07) is 12.1. The molecule has 92 valence electrons. The van der Waals surface area contributed by atoms with Crippen LogP contribution in [-0.4, -0.2) is 13.3 Å². The molecule has 0 amide bonds. The molecule has 0 saturated heterocycles. The zero-order chi connectivity index (χ0) is 13.1. The van der Waals surface area contributed by atoms with Crippen LogP contribution in [0, 0.1) is 12.7 Å². The fourth-order valence-corrected chi connectivity index (χ4v) is 1.94. The van der Waals surface area contributed by atoms with Gasteiger partial charge >= 0.3 is 0 Å². The Morgan fingerprint density at radius 3 is 2.56 bits per heavy atom. The van der Waals surface area contributed by atoms with E-state index >= 15 is 0 Å². The van der Waals surface area contributed by atoms with Gasteiger partial charge in [0.05, 0.1) is 0 Å². The van der Waals surface area contributed by atoms with Crippen molar-refractivity contribution in [2.45, 2.75) is 6.92 Å². The molecule has 0 heterocycles. The normalized spacial score (nSPS) is 10.2. The van der Waals surface area contributed by atoms with E-state index < -0.39 is 5.82 Å². The molecule has 0 aromatic heterocycles. The number of carbonyl (C=O) groups is 1. The molecule has 0 aliphatic heterocycles. The molecule has 0 bridgehead atoms. The molecule has 2 aromatic rings. The minimum absolute atomic E-state index is 0.338. The van der Waals surface area contributed by atoms with Gasteiger partial charge in [0.15, 0.2) is 0 Å². The third-order valence-corrected chi connectivity index (χ3v) is 2.91. The maximum Gasteiger partial charge on any atom is 0.150 e. The third-order valence-electron chi connectivity index (χ3n) is 2.91. The number of rotatable bonds is 3. The first kappa shape index (κ1) is 12.3. The Morgan fingerprint density at radius 1 is 1.17 bits per heavy atom. The third kappa shape index (κ3) is 2.40. The van der Waals surface area contributed by atoms with E-state index in [-0.39, 0.29) is 0 Å². The van der Waals surface area contributed by atoms with Crippen molar-refractivity contribution in [1.29, 1.82) is 0 Å². The number of hydrogen-bond donors (Lipinski definition) is 0. The van der Waals surface area contributed by atoms with Crippen LogP contribution < -0.4 is 4.90 Å². The smallest absolute Gasteiger partial charge is 0.150 e. The highest BCUT2D eigenvalue weighted by Crippen LogP contribution is 2.27. The number of nitrogens with zero attached hydrogens (tertiary/aromatic N) is 1. The van der Waals surface area contributed by atoms with Crippen LogP contribution in [0.2, 0.25) is 0 Å². The van der Waals surface area contributed by atoms with Gasteiger partial charge in [-0.25, -0.2) is 4.39 Å². The van der Waals surface area contributed by atoms with E-state index in [9.17, 15) is 9.18 Å². The van der Waals surface area contributed by atoms with Crippen LogP contribution in [0.3, 0.4) is 0 Å². The second-order valence-corrected chi connectivity index (χ2v) is 4.21. The van der Waals surface area contributed by atoms with E-state index in [4.69, 9.17) is 0 Å². The second-order valence-electron chi connectivity index (χ2n) is 4.21. The highest BCUT2D eigenvalue weighted by Gasteiger charge is 2.08. The SMILES string of the molecule is Cc1ccccc1N(C)c1cc(F)cc(C=O)c1. The highest BCUT2D eigenvalue weighted by atomic mass is 19.1. The number of aryl methyl sites for hydroxylation is 1. The monoisotopic (exact) mass is 243 g/mol. The largest absolute Gasteiger partial charge is 0.344 e. The van der Waals surface area contributed by atoms with Crippen LogP contribution in [0.1, 0.15) is 15.9 Å². The van der Waals surface area contributed by atoms with Crippen molar-refractivity contribution in [2.24, 2.45) is 0 Å². The summed E-state index contributed by atoms with van der Waals surface area (Å²) in [6.07, 6.45) is 0.651. The van der Waals surface area contributed by atoms with E-state index in [1.165, 1.54) is 12.1 Å². The lowest BCUT2D eigenvalue weighted by Crippen LogP contribution is -2.11. The van der Waals surface area contributed by atoms with Crippen molar-refractivity contribution in [1.82, 2.24) is 0 Å². The van der Waals surface area contributed by atoms with Gasteiger partial charge in [-0.1, -0.05) is 18.2 Å². The predicted molar refractivity (Wildman–Crippen MR) is 71.0 cm³/mol. The van der Waals surface area contributed by atoms with Gasteiger partial charge < -0.3 is 4.90 Å². The summed E-state index contributed by atoms with van der Waals surface area (Å²) >= 11 is 0. The number of hydrogen-bond acceptors (Lipinski definition) is 2. The summed E-state index contributed by atoms with van der Waals surface area (Å²) in [7, 11) is 1.85. The van der Waals surface area contributed by atoms with Crippen LogP contribution in [0.4, 0.5) is 15.8 Å². The number of para-hydroxylation sites is 1. The first-order valence-electron chi connectivity index (χ1n) is 5.67. The summed E-state index contributed by atoms with van der Waals surface area (Å²) < 4.78 is 13.4.